The van der Waals surface area contributed by atoms with Gasteiger partial charge in [0.25, 0.3) is 5.56 Å². The molecule has 3 aromatic rings. The lowest BCUT2D eigenvalue weighted by molar-refractivity contribution is 0.801. The monoisotopic (exact) mass is 371 g/mol. The van der Waals surface area contributed by atoms with E-state index in [0.29, 0.717) is 31.0 Å². The molecule has 0 unspecified atom stereocenters. The van der Waals surface area contributed by atoms with Crippen LogP contribution in [0.15, 0.2) is 35.5 Å². The minimum atomic E-state index is -0.304. The Hall–Kier alpha value is -2.68. The fourth-order valence-electron chi connectivity index (χ4n) is 2.34. The molecule has 0 amide bonds. The molecular formula is C17H21N7OS. The predicted molar refractivity (Wildman–Crippen MR) is 102 cm³/mol. The van der Waals surface area contributed by atoms with Gasteiger partial charge < -0.3 is 10.3 Å². The highest BCUT2D eigenvalue weighted by atomic mass is 32.2. The molecule has 0 aliphatic carbocycles. The number of hydrogen-bond acceptors (Lipinski definition) is 7. The molecule has 3 rings (SSSR count). The number of aryl methyl sites for hydroxylation is 3. The number of anilines is 1. The van der Waals surface area contributed by atoms with E-state index in [1.165, 1.54) is 0 Å². The van der Waals surface area contributed by atoms with E-state index in [4.69, 9.17) is 0 Å². The van der Waals surface area contributed by atoms with Crippen molar-refractivity contribution in [2.24, 2.45) is 0 Å². The molecule has 3 N–H and O–H groups in total. The summed E-state index contributed by atoms with van der Waals surface area (Å²) >= 11 is 1.77. The van der Waals surface area contributed by atoms with Crippen molar-refractivity contribution < 1.29 is 0 Å². The van der Waals surface area contributed by atoms with Crippen LogP contribution in [-0.2, 0) is 18.6 Å². The van der Waals surface area contributed by atoms with Gasteiger partial charge in [0.1, 0.15) is 5.69 Å². The maximum atomic E-state index is 12.1. The summed E-state index contributed by atoms with van der Waals surface area (Å²) in [6.07, 6.45) is 4.62. The molecule has 3 heterocycles. The van der Waals surface area contributed by atoms with Gasteiger partial charge >= 0.3 is 0 Å². The Balaban J connectivity index is 1.42. The Bertz CT molecular complexity index is 878. The van der Waals surface area contributed by atoms with E-state index in [1.54, 1.807) is 24.3 Å². The Morgan fingerprint density at radius 1 is 1.19 bits per heavy atom. The van der Waals surface area contributed by atoms with E-state index in [-0.39, 0.29) is 5.56 Å². The van der Waals surface area contributed by atoms with Gasteiger partial charge in [-0.25, -0.2) is 10.1 Å². The summed E-state index contributed by atoms with van der Waals surface area (Å²) < 4.78 is 0. The molecule has 0 radical (unpaired) electrons. The lowest BCUT2D eigenvalue weighted by Crippen LogP contribution is -2.21. The van der Waals surface area contributed by atoms with Gasteiger partial charge in [-0.2, -0.15) is 21.8 Å². The number of pyridine rings is 1. The molecule has 0 aromatic carbocycles. The first kappa shape index (κ1) is 18.1. The second kappa shape index (κ2) is 9.14. The molecule has 0 aliphatic heterocycles. The molecule has 0 bridgehead atoms. The molecule has 0 fully saturated rings. The number of H-pyrrole nitrogens is 2. The van der Waals surface area contributed by atoms with Crippen LogP contribution in [0.1, 0.15) is 22.8 Å². The van der Waals surface area contributed by atoms with Crippen molar-refractivity contribution in [3.8, 4) is 0 Å². The van der Waals surface area contributed by atoms with Gasteiger partial charge in [0.2, 0.25) is 5.95 Å². The highest BCUT2D eigenvalue weighted by Crippen LogP contribution is 2.12. The van der Waals surface area contributed by atoms with Gasteiger partial charge in [-0.15, -0.1) is 0 Å². The fourth-order valence-corrected chi connectivity index (χ4v) is 3.21. The molecule has 9 heteroatoms. The highest BCUT2D eigenvalue weighted by molar-refractivity contribution is 7.98. The normalized spacial score (nSPS) is 10.8. The Kier molecular flexibility index (Phi) is 6.37. The molecule has 3 aromatic heterocycles. The van der Waals surface area contributed by atoms with Gasteiger partial charge in [-0.05, 0) is 25.5 Å². The number of rotatable bonds is 9. The average molecular weight is 371 g/mol. The van der Waals surface area contributed by atoms with Crippen molar-refractivity contribution in [2.45, 2.75) is 25.5 Å². The van der Waals surface area contributed by atoms with Crippen molar-refractivity contribution in [2.75, 3.05) is 17.6 Å². The summed E-state index contributed by atoms with van der Waals surface area (Å²) in [6, 6.07) is 5.72. The molecule has 0 spiro atoms. The van der Waals surface area contributed by atoms with E-state index in [1.807, 2.05) is 25.1 Å². The molecule has 0 atom stereocenters. The van der Waals surface area contributed by atoms with E-state index in [9.17, 15) is 4.79 Å². The maximum absolute atomic E-state index is 12.1. The Labute approximate surface area is 155 Å². The number of imidazole rings is 1. The predicted octanol–water partition coefficient (Wildman–Crippen LogP) is 1.72. The standard InChI is InChI=1S/C17H21N7OS/c1-12-15(21-11-20-12)10-26-9-8-19-17-22-16(25)14(23-24-17)6-5-13-4-2-3-7-18-13/h2-4,7,11H,5-6,8-10H2,1H3,(H,20,21)(H2,19,22,24,25). The summed E-state index contributed by atoms with van der Waals surface area (Å²) in [5, 5.41) is 10.0. The molecule has 26 heavy (non-hydrogen) atoms. The van der Waals surface area contributed by atoms with Gasteiger partial charge in [0, 0.05) is 42.1 Å². The first-order valence-corrected chi connectivity index (χ1v) is 9.54. The minimum absolute atomic E-state index is 0.304. The van der Waals surface area contributed by atoms with Crippen LogP contribution in [0.25, 0.3) is 0 Å². The topological polar surface area (TPSA) is 112 Å². The first-order valence-electron chi connectivity index (χ1n) is 8.38. The van der Waals surface area contributed by atoms with E-state index in [0.717, 1.165) is 28.6 Å². The van der Waals surface area contributed by atoms with Crippen LogP contribution >= 0.6 is 11.8 Å². The fraction of sp³-hybridized carbons (Fsp3) is 0.353. The largest absolute Gasteiger partial charge is 0.354 e. The Morgan fingerprint density at radius 2 is 2.12 bits per heavy atom. The molecule has 8 nitrogen and oxygen atoms in total. The smallest absolute Gasteiger partial charge is 0.296 e. The van der Waals surface area contributed by atoms with E-state index < -0.39 is 0 Å². The number of nitrogens with one attached hydrogen (secondary N) is 3. The van der Waals surface area contributed by atoms with Crippen LogP contribution in [0.2, 0.25) is 0 Å². The average Bonchev–Trinajstić information content (AvgIpc) is 3.06. The highest BCUT2D eigenvalue weighted by Gasteiger charge is 2.06. The van der Waals surface area contributed by atoms with Gasteiger partial charge in [0.05, 0.1) is 12.0 Å². The van der Waals surface area contributed by atoms with Crippen molar-refractivity contribution in [1.82, 2.24) is 30.1 Å². The second-order valence-corrected chi connectivity index (χ2v) is 6.82. The van der Waals surface area contributed by atoms with Gasteiger partial charge in [-0.3, -0.25) is 9.78 Å². The third-order valence-corrected chi connectivity index (χ3v) is 4.78. The maximum Gasteiger partial charge on any atom is 0.296 e. The number of thioether (sulfide) groups is 1. The third-order valence-electron chi connectivity index (χ3n) is 3.81. The SMILES string of the molecule is Cc1[nH]cnc1CSCCNc1nc(=O)c(CCc2ccccn2)n[nH]1. The number of hydrogen-bond donors (Lipinski definition) is 3. The summed E-state index contributed by atoms with van der Waals surface area (Å²) in [5.74, 6) is 2.12. The van der Waals surface area contributed by atoms with Gasteiger partial charge in [-0.1, -0.05) is 6.07 Å². The van der Waals surface area contributed by atoms with Crippen molar-refractivity contribution >= 4 is 17.7 Å². The van der Waals surface area contributed by atoms with Crippen LogP contribution in [0.4, 0.5) is 5.95 Å². The first-order chi connectivity index (χ1) is 12.7. The van der Waals surface area contributed by atoms with Crippen LogP contribution in [0.3, 0.4) is 0 Å². The lowest BCUT2D eigenvalue weighted by atomic mass is 10.2. The summed E-state index contributed by atoms with van der Waals surface area (Å²) in [4.78, 5) is 27.7. The summed E-state index contributed by atoms with van der Waals surface area (Å²) in [7, 11) is 0. The Morgan fingerprint density at radius 3 is 2.85 bits per heavy atom. The van der Waals surface area contributed by atoms with Crippen LogP contribution in [0.5, 0.6) is 0 Å². The van der Waals surface area contributed by atoms with Gasteiger partial charge in [0.15, 0.2) is 0 Å². The zero-order valence-electron chi connectivity index (χ0n) is 14.5. The quantitative estimate of drug-likeness (QED) is 0.491. The molecule has 0 saturated carbocycles. The zero-order valence-corrected chi connectivity index (χ0v) is 15.3. The van der Waals surface area contributed by atoms with Crippen LogP contribution in [0, 0.1) is 6.92 Å². The minimum Gasteiger partial charge on any atom is -0.354 e. The lowest BCUT2D eigenvalue weighted by Gasteiger charge is -2.05. The van der Waals surface area contributed by atoms with Crippen molar-refractivity contribution in [3.63, 3.8) is 0 Å². The molecule has 0 aliphatic rings. The molecule has 136 valence electrons. The van der Waals surface area contributed by atoms with E-state index >= 15 is 0 Å². The van der Waals surface area contributed by atoms with Crippen LogP contribution < -0.4 is 10.9 Å². The summed E-state index contributed by atoms with van der Waals surface area (Å²) in [5.41, 5.74) is 3.22. The zero-order chi connectivity index (χ0) is 18.2. The van der Waals surface area contributed by atoms with Crippen molar-refractivity contribution in [3.05, 3.63) is 63.9 Å². The second-order valence-electron chi connectivity index (χ2n) is 5.71. The van der Waals surface area contributed by atoms with E-state index in [2.05, 4.69) is 35.5 Å². The van der Waals surface area contributed by atoms with Crippen LogP contribution in [-0.4, -0.2) is 42.4 Å². The van der Waals surface area contributed by atoms with Crippen molar-refractivity contribution in [1.29, 1.82) is 0 Å². The summed E-state index contributed by atoms with van der Waals surface area (Å²) in [6.45, 7) is 2.70. The number of aromatic amines is 2. The molecule has 0 saturated heterocycles. The molecular weight excluding hydrogens is 350 g/mol. The number of nitrogens with zero attached hydrogens (tertiary/aromatic N) is 4. The number of aromatic nitrogens is 6. The third kappa shape index (κ3) is 5.16.